The molecule has 0 amide bonds. The number of nitrogens with zero attached hydrogens (tertiary/aromatic N) is 2. The SMILES string of the molecule is CCn1c2ccccc2c2cc(CN(C[C@@H](C)O)C3CC3)ccc21. The number of rotatable bonds is 6. The maximum absolute atomic E-state index is 9.78. The quantitative estimate of drug-likeness (QED) is 0.738. The predicted octanol–water partition coefficient (Wildman–Crippen LogP) is 4.16. The Bertz CT molecular complexity index is 861. The lowest BCUT2D eigenvalue weighted by molar-refractivity contribution is 0.117. The minimum Gasteiger partial charge on any atom is -0.392 e. The summed E-state index contributed by atoms with van der Waals surface area (Å²) >= 11 is 0. The molecule has 0 spiro atoms. The largest absolute Gasteiger partial charge is 0.392 e. The van der Waals surface area contributed by atoms with Crippen LogP contribution in [0.1, 0.15) is 32.3 Å². The predicted molar refractivity (Wildman–Crippen MR) is 100 cm³/mol. The lowest BCUT2D eigenvalue weighted by Gasteiger charge is -2.23. The van der Waals surface area contributed by atoms with Crippen LogP contribution in [0.2, 0.25) is 0 Å². The van der Waals surface area contributed by atoms with Gasteiger partial charge in [0.05, 0.1) is 6.10 Å². The molecule has 0 unspecified atom stereocenters. The van der Waals surface area contributed by atoms with Crippen LogP contribution in [0.15, 0.2) is 42.5 Å². The number of aliphatic hydroxyl groups excluding tert-OH is 1. The molecule has 1 aromatic heterocycles. The topological polar surface area (TPSA) is 28.4 Å². The zero-order valence-electron chi connectivity index (χ0n) is 14.6. The minimum absolute atomic E-state index is 0.267. The number of fused-ring (bicyclic) bond motifs is 3. The van der Waals surface area contributed by atoms with Gasteiger partial charge in [-0.15, -0.1) is 0 Å². The molecule has 1 atom stereocenters. The van der Waals surface area contributed by atoms with E-state index in [1.807, 2.05) is 6.92 Å². The van der Waals surface area contributed by atoms with Crippen molar-refractivity contribution in [3.63, 3.8) is 0 Å². The van der Waals surface area contributed by atoms with Crippen LogP contribution in [0, 0.1) is 0 Å². The molecule has 2 aromatic carbocycles. The third-order valence-corrected chi connectivity index (χ3v) is 5.10. The number of aliphatic hydroxyl groups is 1. The van der Waals surface area contributed by atoms with Crippen molar-refractivity contribution in [2.75, 3.05) is 6.54 Å². The summed E-state index contributed by atoms with van der Waals surface area (Å²) in [6, 6.07) is 16.2. The lowest BCUT2D eigenvalue weighted by Crippen LogP contribution is -2.32. The summed E-state index contributed by atoms with van der Waals surface area (Å²) in [5, 5.41) is 12.5. The number of aryl methyl sites for hydroxylation is 1. The number of hydrogen-bond acceptors (Lipinski definition) is 2. The molecule has 24 heavy (non-hydrogen) atoms. The molecule has 1 fully saturated rings. The first-order valence-corrected chi connectivity index (χ1v) is 9.09. The van der Waals surface area contributed by atoms with E-state index >= 15 is 0 Å². The van der Waals surface area contributed by atoms with Crippen molar-refractivity contribution in [2.24, 2.45) is 0 Å². The Morgan fingerprint density at radius 3 is 2.58 bits per heavy atom. The van der Waals surface area contributed by atoms with Crippen LogP contribution >= 0.6 is 0 Å². The van der Waals surface area contributed by atoms with Crippen molar-refractivity contribution < 1.29 is 5.11 Å². The Morgan fingerprint density at radius 2 is 1.88 bits per heavy atom. The van der Waals surface area contributed by atoms with E-state index in [1.165, 1.54) is 40.2 Å². The van der Waals surface area contributed by atoms with Gasteiger partial charge in [-0.05, 0) is 50.5 Å². The van der Waals surface area contributed by atoms with Crippen LogP contribution in [0.25, 0.3) is 21.8 Å². The molecule has 0 bridgehead atoms. The normalized spacial score (nSPS) is 16.3. The van der Waals surface area contributed by atoms with Gasteiger partial charge in [0.25, 0.3) is 0 Å². The summed E-state index contributed by atoms with van der Waals surface area (Å²) < 4.78 is 2.39. The maximum atomic E-state index is 9.78. The summed E-state index contributed by atoms with van der Waals surface area (Å²) in [6.45, 7) is 6.76. The van der Waals surface area contributed by atoms with Crippen molar-refractivity contribution in [3.05, 3.63) is 48.0 Å². The number of aromatic nitrogens is 1. The molecule has 126 valence electrons. The first kappa shape index (κ1) is 15.7. The molecule has 4 rings (SSSR count). The van der Waals surface area contributed by atoms with Gasteiger partial charge in [-0.25, -0.2) is 0 Å². The van der Waals surface area contributed by atoms with E-state index in [1.54, 1.807) is 0 Å². The zero-order chi connectivity index (χ0) is 16.7. The summed E-state index contributed by atoms with van der Waals surface area (Å²) in [6.07, 6.45) is 2.27. The van der Waals surface area contributed by atoms with E-state index in [-0.39, 0.29) is 6.10 Å². The Labute approximate surface area is 143 Å². The van der Waals surface area contributed by atoms with Gasteiger partial charge in [-0.2, -0.15) is 0 Å². The molecule has 1 aliphatic carbocycles. The van der Waals surface area contributed by atoms with E-state index < -0.39 is 0 Å². The van der Waals surface area contributed by atoms with Gasteiger partial charge < -0.3 is 9.67 Å². The van der Waals surface area contributed by atoms with Crippen molar-refractivity contribution in [2.45, 2.75) is 51.9 Å². The van der Waals surface area contributed by atoms with Crippen LogP contribution in [-0.4, -0.2) is 33.3 Å². The third kappa shape index (κ3) is 2.83. The van der Waals surface area contributed by atoms with Gasteiger partial charge in [0.2, 0.25) is 0 Å². The standard InChI is InChI=1S/C21H26N2O/c1-3-23-20-7-5-4-6-18(20)19-12-16(8-11-21(19)23)14-22(13-15(2)24)17-9-10-17/h4-8,11-12,15,17,24H,3,9-10,13-14H2,1-2H3/t15-/m1/s1. The van der Waals surface area contributed by atoms with Crippen LogP contribution in [0.4, 0.5) is 0 Å². The van der Waals surface area contributed by atoms with E-state index in [0.717, 1.165) is 19.6 Å². The van der Waals surface area contributed by atoms with Gasteiger partial charge in [0.1, 0.15) is 0 Å². The fourth-order valence-corrected chi connectivity index (χ4v) is 3.90. The highest BCUT2D eigenvalue weighted by Gasteiger charge is 2.29. The fourth-order valence-electron chi connectivity index (χ4n) is 3.90. The van der Waals surface area contributed by atoms with Gasteiger partial charge in [-0.3, -0.25) is 4.90 Å². The van der Waals surface area contributed by atoms with Crippen LogP contribution < -0.4 is 0 Å². The molecular formula is C21H26N2O. The first-order valence-electron chi connectivity index (χ1n) is 9.09. The lowest BCUT2D eigenvalue weighted by atomic mass is 10.1. The molecule has 0 radical (unpaired) electrons. The van der Waals surface area contributed by atoms with Gasteiger partial charge in [0, 0.05) is 47.5 Å². The number of benzene rings is 2. The van der Waals surface area contributed by atoms with Crippen molar-refractivity contribution in [1.82, 2.24) is 9.47 Å². The van der Waals surface area contributed by atoms with Gasteiger partial charge >= 0.3 is 0 Å². The van der Waals surface area contributed by atoms with Crippen LogP contribution in [-0.2, 0) is 13.1 Å². The Balaban J connectivity index is 1.73. The van der Waals surface area contributed by atoms with Crippen molar-refractivity contribution in [1.29, 1.82) is 0 Å². The second-order valence-electron chi connectivity index (χ2n) is 7.12. The fraction of sp³-hybridized carbons (Fsp3) is 0.429. The molecule has 0 aliphatic heterocycles. The van der Waals surface area contributed by atoms with Crippen LogP contribution in [0.5, 0.6) is 0 Å². The Kier molecular flexibility index (Phi) is 4.07. The Hall–Kier alpha value is -1.84. The number of para-hydroxylation sites is 1. The third-order valence-electron chi connectivity index (χ3n) is 5.10. The average Bonchev–Trinajstić information content (AvgIpc) is 3.37. The molecule has 3 heteroatoms. The highest BCUT2D eigenvalue weighted by atomic mass is 16.3. The summed E-state index contributed by atoms with van der Waals surface area (Å²) in [7, 11) is 0. The molecule has 1 saturated carbocycles. The highest BCUT2D eigenvalue weighted by Crippen LogP contribution is 2.32. The average molecular weight is 322 g/mol. The summed E-state index contributed by atoms with van der Waals surface area (Å²) in [5.41, 5.74) is 3.97. The molecule has 3 aromatic rings. The van der Waals surface area contributed by atoms with Gasteiger partial charge in [0.15, 0.2) is 0 Å². The summed E-state index contributed by atoms with van der Waals surface area (Å²) in [5.74, 6) is 0. The minimum atomic E-state index is -0.267. The maximum Gasteiger partial charge on any atom is 0.0639 e. The molecule has 1 heterocycles. The molecular weight excluding hydrogens is 296 g/mol. The molecule has 1 N–H and O–H groups in total. The zero-order valence-corrected chi connectivity index (χ0v) is 14.6. The second kappa shape index (κ2) is 6.23. The van der Waals surface area contributed by atoms with E-state index in [0.29, 0.717) is 6.04 Å². The monoisotopic (exact) mass is 322 g/mol. The molecule has 0 saturated heterocycles. The van der Waals surface area contributed by atoms with Gasteiger partial charge in [-0.1, -0.05) is 24.3 Å². The van der Waals surface area contributed by atoms with E-state index in [4.69, 9.17) is 0 Å². The van der Waals surface area contributed by atoms with E-state index in [9.17, 15) is 5.11 Å². The Morgan fingerprint density at radius 1 is 1.12 bits per heavy atom. The van der Waals surface area contributed by atoms with E-state index in [2.05, 4.69) is 58.9 Å². The van der Waals surface area contributed by atoms with Crippen LogP contribution in [0.3, 0.4) is 0 Å². The highest BCUT2D eigenvalue weighted by molar-refractivity contribution is 6.08. The first-order chi connectivity index (χ1) is 11.7. The molecule has 1 aliphatic rings. The number of hydrogen-bond donors (Lipinski definition) is 1. The smallest absolute Gasteiger partial charge is 0.0639 e. The second-order valence-corrected chi connectivity index (χ2v) is 7.12. The van der Waals surface area contributed by atoms with Crippen molar-refractivity contribution in [3.8, 4) is 0 Å². The summed E-state index contributed by atoms with van der Waals surface area (Å²) in [4.78, 5) is 2.44. The molecule has 3 nitrogen and oxygen atoms in total. The van der Waals surface area contributed by atoms with Crippen molar-refractivity contribution >= 4 is 21.8 Å².